The Labute approximate surface area is 194 Å². The minimum absolute atomic E-state index is 0.0140. The average molecular weight is 466 g/mol. The van der Waals surface area contributed by atoms with E-state index in [-0.39, 0.29) is 16.4 Å². The topological polar surface area (TPSA) is 104 Å². The third-order valence-electron chi connectivity index (χ3n) is 4.94. The quantitative estimate of drug-likeness (QED) is 0.394. The lowest BCUT2D eigenvalue weighted by molar-refractivity contribution is 0.0951. The fourth-order valence-electron chi connectivity index (χ4n) is 3.13. The van der Waals surface area contributed by atoms with Crippen LogP contribution < -0.4 is 15.4 Å². The van der Waals surface area contributed by atoms with E-state index < -0.39 is 15.9 Å². The fourth-order valence-corrected chi connectivity index (χ4v) is 4.25. The standard InChI is InChI=1S/C25H27N3O4S/c1-2-3-16-27-33(31,32)21-13-9-12-20(17-21)24(29)28-23-15-8-7-14-22(23)25(30)26-18-19-10-5-4-6-11-19/h4-15,17,27H,2-3,16,18H2,1H3,(H,26,30)(H,28,29). The number of anilines is 1. The van der Waals surface area contributed by atoms with Crippen molar-refractivity contribution in [2.24, 2.45) is 0 Å². The molecule has 3 aromatic rings. The number of hydrogen-bond acceptors (Lipinski definition) is 4. The van der Waals surface area contributed by atoms with E-state index in [1.807, 2.05) is 37.3 Å². The van der Waals surface area contributed by atoms with Gasteiger partial charge in [0, 0.05) is 18.7 Å². The van der Waals surface area contributed by atoms with Crippen LogP contribution in [-0.2, 0) is 16.6 Å². The Morgan fingerprint density at radius 3 is 2.33 bits per heavy atom. The molecule has 7 nitrogen and oxygen atoms in total. The van der Waals surface area contributed by atoms with Gasteiger partial charge >= 0.3 is 0 Å². The second-order valence-corrected chi connectivity index (χ2v) is 9.21. The molecule has 0 bridgehead atoms. The van der Waals surface area contributed by atoms with Crippen molar-refractivity contribution in [2.45, 2.75) is 31.2 Å². The number of carbonyl (C=O) groups is 2. The number of rotatable bonds is 10. The van der Waals surface area contributed by atoms with Crippen LogP contribution in [0.4, 0.5) is 5.69 Å². The second-order valence-electron chi connectivity index (χ2n) is 7.45. The van der Waals surface area contributed by atoms with Gasteiger partial charge < -0.3 is 10.6 Å². The summed E-state index contributed by atoms with van der Waals surface area (Å²) in [5.74, 6) is -0.838. The first-order valence-corrected chi connectivity index (χ1v) is 12.2. The fraction of sp³-hybridized carbons (Fsp3) is 0.200. The highest BCUT2D eigenvalue weighted by atomic mass is 32.2. The average Bonchev–Trinajstić information content (AvgIpc) is 2.83. The summed E-state index contributed by atoms with van der Waals surface area (Å²) in [6.07, 6.45) is 1.59. The molecule has 0 aliphatic heterocycles. The van der Waals surface area contributed by atoms with Gasteiger partial charge in [-0.1, -0.05) is 61.9 Å². The summed E-state index contributed by atoms with van der Waals surface area (Å²) >= 11 is 0. The lowest BCUT2D eigenvalue weighted by Crippen LogP contribution is -2.26. The molecule has 0 spiro atoms. The summed E-state index contributed by atoms with van der Waals surface area (Å²) in [5.41, 5.74) is 1.78. The molecule has 0 aliphatic carbocycles. The molecule has 0 aromatic heterocycles. The van der Waals surface area contributed by atoms with Gasteiger partial charge in [0.1, 0.15) is 0 Å². The summed E-state index contributed by atoms with van der Waals surface area (Å²) in [5, 5.41) is 5.57. The largest absolute Gasteiger partial charge is 0.348 e. The molecule has 0 saturated carbocycles. The first-order chi connectivity index (χ1) is 15.9. The van der Waals surface area contributed by atoms with Gasteiger partial charge in [0.2, 0.25) is 10.0 Å². The van der Waals surface area contributed by atoms with Crippen LogP contribution >= 0.6 is 0 Å². The number of unbranched alkanes of at least 4 members (excludes halogenated alkanes) is 1. The smallest absolute Gasteiger partial charge is 0.255 e. The predicted molar refractivity (Wildman–Crippen MR) is 129 cm³/mol. The van der Waals surface area contributed by atoms with Gasteiger partial charge in [-0.3, -0.25) is 9.59 Å². The van der Waals surface area contributed by atoms with Gasteiger partial charge in [-0.05, 0) is 42.3 Å². The minimum atomic E-state index is -3.71. The van der Waals surface area contributed by atoms with Crippen molar-refractivity contribution < 1.29 is 18.0 Å². The molecule has 3 N–H and O–H groups in total. The Kier molecular flexibility index (Phi) is 8.34. The van der Waals surface area contributed by atoms with Crippen LogP contribution in [0.25, 0.3) is 0 Å². The highest BCUT2D eigenvalue weighted by Gasteiger charge is 2.18. The van der Waals surface area contributed by atoms with E-state index in [2.05, 4.69) is 15.4 Å². The van der Waals surface area contributed by atoms with Crippen LogP contribution in [0.1, 0.15) is 46.0 Å². The molecule has 33 heavy (non-hydrogen) atoms. The molecular weight excluding hydrogens is 438 g/mol. The number of carbonyl (C=O) groups excluding carboxylic acids is 2. The van der Waals surface area contributed by atoms with Crippen molar-refractivity contribution in [2.75, 3.05) is 11.9 Å². The van der Waals surface area contributed by atoms with Crippen LogP contribution in [0, 0.1) is 0 Å². The first-order valence-electron chi connectivity index (χ1n) is 10.7. The van der Waals surface area contributed by atoms with Gasteiger partial charge in [-0.2, -0.15) is 0 Å². The molecule has 3 rings (SSSR count). The number of benzene rings is 3. The molecule has 0 fully saturated rings. The van der Waals surface area contributed by atoms with Gasteiger partial charge in [-0.15, -0.1) is 0 Å². The van der Waals surface area contributed by atoms with Crippen LogP contribution in [0.15, 0.2) is 83.8 Å². The third-order valence-corrected chi connectivity index (χ3v) is 6.40. The zero-order valence-electron chi connectivity index (χ0n) is 18.4. The number of para-hydroxylation sites is 1. The summed E-state index contributed by atoms with van der Waals surface area (Å²) in [4.78, 5) is 25.6. The Bertz CT molecular complexity index is 1210. The second kappa shape index (κ2) is 11.4. The maximum atomic E-state index is 12.8. The molecule has 0 heterocycles. The molecule has 0 atom stereocenters. The van der Waals surface area contributed by atoms with Crippen LogP contribution in [0.5, 0.6) is 0 Å². The van der Waals surface area contributed by atoms with Crippen molar-refractivity contribution in [3.05, 3.63) is 95.6 Å². The highest BCUT2D eigenvalue weighted by Crippen LogP contribution is 2.18. The number of hydrogen-bond donors (Lipinski definition) is 3. The number of amides is 2. The highest BCUT2D eigenvalue weighted by molar-refractivity contribution is 7.89. The number of sulfonamides is 1. The van der Waals surface area contributed by atoms with Gasteiger partial charge in [0.15, 0.2) is 0 Å². The molecule has 0 saturated heterocycles. The molecule has 172 valence electrons. The number of nitrogens with one attached hydrogen (secondary N) is 3. The monoisotopic (exact) mass is 465 g/mol. The third kappa shape index (κ3) is 6.74. The summed E-state index contributed by atoms with van der Waals surface area (Å²) in [6, 6.07) is 22.0. The van der Waals surface area contributed by atoms with Crippen LogP contribution in [0.2, 0.25) is 0 Å². The molecule has 8 heteroatoms. The van der Waals surface area contributed by atoms with Crippen LogP contribution in [0.3, 0.4) is 0 Å². The Hall–Kier alpha value is -3.49. The lowest BCUT2D eigenvalue weighted by atomic mass is 10.1. The predicted octanol–water partition coefficient (Wildman–Crippen LogP) is 3.95. The van der Waals surface area contributed by atoms with Crippen molar-refractivity contribution >= 4 is 27.5 Å². The van der Waals surface area contributed by atoms with Crippen molar-refractivity contribution in [3.8, 4) is 0 Å². The van der Waals surface area contributed by atoms with Crippen molar-refractivity contribution in [3.63, 3.8) is 0 Å². The lowest BCUT2D eigenvalue weighted by Gasteiger charge is -2.12. The van der Waals surface area contributed by atoms with Gasteiger partial charge in [0.25, 0.3) is 11.8 Å². The van der Waals surface area contributed by atoms with Gasteiger partial charge in [0.05, 0.1) is 16.1 Å². The van der Waals surface area contributed by atoms with Crippen molar-refractivity contribution in [1.82, 2.24) is 10.0 Å². The van der Waals surface area contributed by atoms with E-state index in [9.17, 15) is 18.0 Å². The molecule has 0 radical (unpaired) electrons. The first kappa shape index (κ1) is 24.2. The SMILES string of the molecule is CCCCNS(=O)(=O)c1cccc(C(=O)Nc2ccccc2C(=O)NCc2ccccc2)c1. The Morgan fingerprint density at radius 1 is 0.848 bits per heavy atom. The molecule has 2 amide bonds. The van der Waals surface area contributed by atoms with Crippen LogP contribution in [-0.4, -0.2) is 26.8 Å². The van der Waals surface area contributed by atoms with E-state index in [0.717, 1.165) is 18.4 Å². The Morgan fingerprint density at radius 2 is 1.58 bits per heavy atom. The molecule has 0 unspecified atom stereocenters. The van der Waals surface area contributed by atoms with Gasteiger partial charge in [-0.25, -0.2) is 13.1 Å². The minimum Gasteiger partial charge on any atom is -0.348 e. The van der Waals surface area contributed by atoms with Crippen molar-refractivity contribution in [1.29, 1.82) is 0 Å². The summed E-state index contributed by atoms with van der Waals surface area (Å²) in [7, 11) is -3.71. The van der Waals surface area contributed by atoms with E-state index >= 15 is 0 Å². The molecule has 3 aromatic carbocycles. The maximum Gasteiger partial charge on any atom is 0.255 e. The summed E-state index contributed by atoms with van der Waals surface area (Å²) in [6.45, 7) is 2.66. The zero-order valence-corrected chi connectivity index (χ0v) is 19.2. The zero-order chi connectivity index (χ0) is 23.7. The van der Waals surface area contributed by atoms with E-state index in [4.69, 9.17) is 0 Å². The van der Waals surface area contributed by atoms with E-state index in [1.165, 1.54) is 24.3 Å². The van der Waals surface area contributed by atoms with E-state index in [0.29, 0.717) is 24.3 Å². The Balaban J connectivity index is 1.73. The molecule has 0 aliphatic rings. The van der Waals surface area contributed by atoms with E-state index in [1.54, 1.807) is 24.3 Å². The summed E-state index contributed by atoms with van der Waals surface area (Å²) < 4.78 is 27.5. The normalized spacial score (nSPS) is 11.1. The maximum absolute atomic E-state index is 12.8. The molecular formula is C25H27N3O4S.